The molecule has 0 unspecified atom stereocenters. The van der Waals surface area contributed by atoms with Crippen molar-refractivity contribution in [3.8, 4) is 0 Å². The van der Waals surface area contributed by atoms with Crippen LogP contribution in [-0.4, -0.2) is 21.0 Å². The molecule has 0 aliphatic carbocycles. The van der Waals surface area contributed by atoms with Gasteiger partial charge in [0.05, 0.1) is 17.1 Å². The molecule has 0 radical (unpaired) electrons. The lowest BCUT2D eigenvalue weighted by atomic mass is 10.1. The first-order chi connectivity index (χ1) is 9.62. The van der Waals surface area contributed by atoms with Gasteiger partial charge in [0.25, 0.3) is 0 Å². The Kier molecular flexibility index (Phi) is 6.37. The Morgan fingerprint density at radius 2 is 2.00 bits per heavy atom. The number of carbonyl (C=O) groups excluding carboxylic acids is 1. The molecule has 21 heavy (non-hydrogen) atoms. The molecule has 1 rings (SSSR count). The summed E-state index contributed by atoms with van der Waals surface area (Å²) < 4.78 is 28.5. The van der Waals surface area contributed by atoms with Gasteiger partial charge in [-0.05, 0) is 59.3 Å². The van der Waals surface area contributed by atoms with Crippen molar-refractivity contribution < 1.29 is 17.9 Å². The highest BCUT2D eigenvalue weighted by Crippen LogP contribution is 2.26. The molecule has 0 bridgehead atoms. The molecule has 0 aromatic heterocycles. The van der Waals surface area contributed by atoms with Crippen LogP contribution in [0.4, 0.5) is 0 Å². The van der Waals surface area contributed by atoms with E-state index in [4.69, 9.17) is 9.88 Å². The maximum Gasteiger partial charge on any atom is 0.338 e. The summed E-state index contributed by atoms with van der Waals surface area (Å²) in [5.41, 5.74) is 0.792. The second-order valence-corrected chi connectivity index (χ2v) is 7.65. The number of nitrogens with two attached hydrogens (primary N) is 1. The lowest BCUT2D eigenvalue weighted by Gasteiger charge is -2.10. The van der Waals surface area contributed by atoms with Gasteiger partial charge < -0.3 is 4.74 Å². The van der Waals surface area contributed by atoms with Gasteiger partial charge in [-0.15, -0.1) is 0 Å². The van der Waals surface area contributed by atoms with Crippen molar-refractivity contribution in [2.24, 2.45) is 11.1 Å². The van der Waals surface area contributed by atoms with Gasteiger partial charge in [0, 0.05) is 4.47 Å². The number of rotatable bonds is 6. The Balaban J connectivity index is 2.89. The predicted octanol–water partition coefficient (Wildman–Crippen LogP) is 3.00. The van der Waals surface area contributed by atoms with Crippen LogP contribution in [0.2, 0.25) is 0 Å². The van der Waals surface area contributed by atoms with E-state index in [1.54, 1.807) is 13.0 Å². The number of aryl methyl sites for hydroxylation is 1. The van der Waals surface area contributed by atoms with Crippen LogP contribution in [0, 0.1) is 12.8 Å². The van der Waals surface area contributed by atoms with Crippen LogP contribution in [-0.2, 0) is 14.8 Å². The van der Waals surface area contributed by atoms with Gasteiger partial charge in [0.15, 0.2) is 0 Å². The van der Waals surface area contributed by atoms with Crippen LogP contribution in [0.25, 0.3) is 0 Å². The molecule has 0 saturated carbocycles. The largest absolute Gasteiger partial charge is 0.462 e. The second kappa shape index (κ2) is 7.38. The molecule has 0 saturated heterocycles. The minimum atomic E-state index is -3.90. The number of halogens is 1. The van der Waals surface area contributed by atoms with Crippen molar-refractivity contribution in [2.75, 3.05) is 6.61 Å². The minimum Gasteiger partial charge on any atom is -0.462 e. The van der Waals surface area contributed by atoms with E-state index in [1.165, 1.54) is 6.07 Å². The van der Waals surface area contributed by atoms with Gasteiger partial charge in [-0.1, -0.05) is 13.8 Å². The molecule has 0 atom stereocenters. The molecule has 1 aromatic rings. The fraction of sp³-hybridized carbons (Fsp3) is 0.500. The van der Waals surface area contributed by atoms with Gasteiger partial charge in [0.2, 0.25) is 10.0 Å². The van der Waals surface area contributed by atoms with Gasteiger partial charge in [-0.3, -0.25) is 0 Å². The first-order valence-electron chi connectivity index (χ1n) is 6.63. The molecule has 0 amide bonds. The molecule has 7 heteroatoms. The van der Waals surface area contributed by atoms with Crippen LogP contribution in [0.5, 0.6) is 0 Å². The van der Waals surface area contributed by atoms with E-state index in [0.717, 1.165) is 12.8 Å². The zero-order valence-corrected chi connectivity index (χ0v) is 14.8. The molecular formula is C14H20BrNO4S. The summed E-state index contributed by atoms with van der Waals surface area (Å²) in [6.07, 6.45) is 1.75. The molecule has 0 spiro atoms. The number of esters is 1. The molecule has 0 aliphatic heterocycles. The highest BCUT2D eigenvalue weighted by Gasteiger charge is 2.19. The quantitative estimate of drug-likeness (QED) is 0.609. The van der Waals surface area contributed by atoms with Gasteiger partial charge in [-0.2, -0.15) is 0 Å². The Bertz CT molecular complexity index is 626. The summed E-state index contributed by atoms with van der Waals surface area (Å²) in [6.45, 7) is 6.20. The van der Waals surface area contributed by atoms with Crippen LogP contribution in [0.1, 0.15) is 42.6 Å². The summed E-state index contributed by atoms with van der Waals surface area (Å²) in [5.74, 6) is 0.00636. The Morgan fingerprint density at radius 1 is 1.38 bits per heavy atom. The molecule has 5 nitrogen and oxygen atoms in total. The monoisotopic (exact) mass is 377 g/mol. The van der Waals surface area contributed by atoms with Crippen molar-refractivity contribution in [3.05, 3.63) is 27.7 Å². The van der Waals surface area contributed by atoms with Gasteiger partial charge >= 0.3 is 5.97 Å². The number of carbonyl (C=O) groups is 1. The van der Waals surface area contributed by atoms with Crippen LogP contribution in [0.15, 0.2) is 21.5 Å². The standard InChI is InChI=1S/C14H20BrNO4S/c1-9(2)5-4-6-20-14(17)11-7-10(3)13(15)12(8-11)21(16,18)19/h7-9H,4-6H2,1-3H3,(H2,16,18,19). The number of sulfonamides is 1. The van der Waals surface area contributed by atoms with E-state index in [1.807, 2.05) is 0 Å². The number of ether oxygens (including phenoxy) is 1. The lowest BCUT2D eigenvalue weighted by Crippen LogP contribution is -2.15. The van der Waals surface area contributed by atoms with Crippen molar-refractivity contribution >= 4 is 31.9 Å². The van der Waals surface area contributed by atoms with Crippen molar-refractivity contribution in [1.29, 1.82) is 0 Å². The highest BCUT2D eigenvalue weighted by molar-refractivity contribution is 9.10. The van der Waals surface area contributed by atoms with Gasteiger partial charge in [-0.25, -0.2) is 18.4 Å². The van der Waals surface area contributed by atoms with Crippen LogP contribution in [0.3, 0.4) is 0 Å². The number of hydrogen-bond acceptors (Lipinski definition) is 4. The van der Waals surface area contributed by atoms with E-state index >= 15 is 0 Å². The number of primary sulfonamides is 1. The highest BCUT2D eigenvalue weighted by atomic mass is 79.9. The summed E-state index contributed by atoms with van der Waals surface area (Å²) in [5, 5.41) is 5.14. The third kappa shape index (κ3) is 5.41. The zero-order valence-electron chi connectivity index (χ0n) is 12.3. The smallest absolute Gasteiger partial charge is 0.338 e. The zero-order chi connectivity index (χ0) is 16.2. The average Bonchev–Trinajstić information content (AvgIpc) is 2.35. The van der Waals surface area contributed by atoms with E-state index in [9.17, 15) is 13.2 Å². The Morgan fingerprint density at radius 3 is 2.52 bits per heavy atom. The van der Waals surface area contributed by atoms with E-state index in [2.05, 4.69) is 29.8 Å². The van der Waals surface area contributed by atoms with E-state index in [-0.39, 0.29) is 10.5 Å². The first-order valence-corrected chi connectivity index (χ1v) is 8.97. The van der Waals surface area contributed by atoms with Gasteiger partial charge in [0.1, 0.15) is 0 Å². The Hall–Kier alpha value is -0.920. The SMILES string of the molecule is Cc1cc(C(=O)OCCCC(C)C)cc(S(N)(=O)=O)c1Br. The average molecular weight is 378 g/mol. The van der Waals surface area contributed by atoms with Crippen LogP contribution >= 0.6 is 15.9 Å². The summed E-state index contributed by atoms with van der Waals surface area (Å²) in [6, 6.07) is 2.81. The van der Waals surface area contributed by atoms with Crippen LogP contribution < -0.4 is 5.14 Å². The summed E-state index contributed by atoms with van der Waals surface area (Å²) in [7, 11) is -3.90. The fourth-order valence-electron chi connectivity index (χ4n) is 1.80. The molecule has 0 heterocycles. The maximum atomic E-state index is 12.0. The maximum absolute atomic E-state index is 12.0. The Labute approximate surface area is 134 Å². The van der Waals surface area contributed by atoms with Crippen molar-refractivity contribution in [1.82, 2.24) is 0 Å². The van der Waals surface area contributed by atoms with E-state index < -0.39 is 16.0 Å². The number of hydrogen-bond donors (Lipinski definition) is 1. The second-order valence-electron chi connectivity index (χ2n) is 5.32. The molecular weight excluding hydrogens is 358 g/mol. The topological polar surface area (TPSA) is 86.5 Å². The summed E-state index contributed by atoms with van der Waals surface area (Å²) in [4.78, 5) is 11.8. The molecule has 0 fully saturated rings. The normalized spacial score (nSPS) is 11.7. The molecule has 0 aliphatic rings. The molecule has 1 aromatic carbocycles. The third-order valence-electron chi connectivity index (χ3n) is 2.92. The minimum absolute atomic E-state index is 0.114. The third-order valence-corrected chi connectivity index (χ3v) is 5.17. The predicted molar refractivity (Wildman–Crippen MR) is 84.6 cm³/mol. The molecule has 2 N–H and O–H groups in total. The molecule has 118 valence electrons. The summed E-state index contributed by atoms with van der Waals surface area (Å²) >= 11 is 3.17. The lowest BCUT2D eigenvalue weighted by molar-refractivity contribution is 0.0494. The van der Waals surface area contributed by atoms with Crippen molar-refractivity contribution in [3.63, 3.8) is 0 Å². The van der Waals surface area contributed by atoms with E-state index in [0.29, 0.717) is 22.6 Å². The first kappa shape index (κ1) is 18.1. The number of benzene rings is 1. The van der Waals surface area contributed by atoms with Crippen molar-refractivity contribution in [2.45, 2.75) is 38.5 Å². The fourth-order valence-corrected chi connectivity index (χ4v) is 3.41.